The Morgan fingerprint density at radius 3 is 2.10 bits per heavy atom. The van der Waals surface area contributed by atoms with Gasteiger partial charge in [0.2, 0.25) is 0 Å². The van der Waals surface area contributed by atoms with Crippen molar-refractivity contribution in [1.82, 2.24) is 10.6 Å². The van der Waals surface area contributed by atoms with Gasteiger partial charge in [-0.2, -0.15) is 0 Å². The summed E-state index contributed by atoms with van der Waals surface area (Å²) in [6, 6.07) is 23.5. The van der Waals surface area contributed by atoms with Crippen LogP contribution in [-0.2, 0) is 4.79 Å². The van der Waals surface area contributed by atoms with E-state index in [0.29, 0.717) is 11.3 Å². The van der Waals surface area contributed by atoms with Crippen LogP contribution in [0.2, 0.25) is 0 Å². The lowest BCUT2D eigenvalue weighted by atomic mass is 10.1. The van der Waals surface area contributed by atoms with E-state index in [1.54, 1.807) is 6.92 Å². The Kier molecular flexibility index (Phi) is 7.05. The number of phenolic OH excluding ortho intramolecular Hbond substituents is 1. The number of benzene rings is 3. The summed E-state index contributed by atoms with van der Waals surface area (Å²) in [5.74, 6) is 0.175. The van der Waals surface area contributed by atoms with Crippen LogP contribution in [-0.4, -0.2) is 36.1 Å². The van der Waals surface area contributed by atoms with E-state index in [4.69, 9.17) is 4.74 Å². The first-order valence-electron chi connectivity index (χ1n) is 9.70. The largest absolute Gasteiger partial charge is 0.508 e. The average molecular weight is 404 g/mol. The van der Waals surface area contributed by atoms with Crippen molar-refractivity contribution in [2.24, 2.45) is 0 Å². The monoisotopic (exact) mass is 404 g/mol. The first kappa shape index (κ1) is 20.9. The third kappa shape index (κ3) is 5.85. The van der Waals surface area contributed by atoms with Crippen LogP contribution in [0.4, 0.5) is 0 Å². The van der Waals surface area contributed by atoms with Crippen LogP contribution >= 0.6 is 0 Å². The summed E-state index contributed by atoms with van der Waals surface area (Å²) in [5.41, 5.74) is 2.63. The van der Waals surface area contributed by atoms with Gasteiger partial charge in [0.25, 0.3) is 11.8 Å². The SMILES string of the molecule is CC(Oc1ccc(-c2ccccc2)cc1)C(=O)NCCNC(=O)c1ccc(O)cc1. The van der Waals surface area contributed by atoms with Crippen molar-refractivity contribution in [1.29, 1.82) is 0 Å². The van der Waals surface area contributed by atoms with Crippen molar-refractivity contribution < 1.29 is 19.4 Å². The van der Waals surface area contributed by atoms with E-state index in [-0.39, 0.29) is 30.7 Å². The van der Waals surface area contributed by atoms with Gasteiger partial charge >= 0.3 is 0 Å². The molecule has 6 heteroatoms. The molecule has 0 saturated heterocycles. The molecule has 3 rings (SSSR count). The number of amides is 2. The highest BCUT2D eigenvalue weighted by atomic mass is 16.5. The molecule has 3 aromatic rings. The summed E-state index contributed by atoms with van der Waals surface area (Å²) in [5, 5.41) is 14.7. The zero-order valence-electron chi connectivity index (χ0n) is 16.7. The highest BCUT2D eigenvalue weighted by Crippen LogP contribution is 2.22. The highest BCUT2D eigenvalue weighted by Gasteiger charge is 2.14. The fourth-order valence-corrected chi connectivity index (χ4v) is 2.83. The van der Waals surface area contributed by atoms with E-state index in [1.807, 2.05) is 54.6 Å². The lowest BCUT2D eigenvalue weighted by Gasteiger charge is -2.15. The molecule has 1 unspecified atom stereocenters. The predicted octanol–water partition coefficient (Wildman–Crippen LogP) is 3.37. The first-order valence-corrected chi connectivity index (χ1v) is 9.70. The third-order valence-corrected chi connectivity index (χ3v) is 4.48. The summed E-state index contributed by atoms with van der Waals surface area (Å²) in [4.78, 5) is 24.2. The van der Waals surface area contributed by atoms with Gasteiger partial charge in [-0.3, -0.25) is 9.59 Å². The van der Waals surface area contributed by atoms with Gasteiger partial charge in [0, 0.05) is 18.7 Å². The van der Waals surface area contributed by atoms with E-state index in [9.17, 15) is 14.7 Å². The lowest BCUT2D eigenvalue weighted by Crippen LogP contribution is -2.40. The Morgan fingerprint density at radius 2 is 1.43 bits per heavy atom. The summed E-state index contributed by atoms with van der Waals surface area (Å²) >= 11 is 0. The number of aromatic hydroxyl groups is 1. The van der Waals surface area contributed by atoms with Gasteiger partial charge in [0.1, 0.15) is 11.5 Å². The Labute approximate surface area is 175 Å². The van der Waals surface area contributed by atoms with Gasteiger partial charge in [-0.25, -0.2) is 0 Å². The first-order chi connectivity index (χ1) is 14.5. The van der Waals surface area contributed by atoms with Crippen LogP contribution < -0.4 is 15.4 Å². The van der Waals surface area contributed by atoms with Crippen LogP contribution in [0, 0.1) is 0 Å². The summed E-state index contributed by atoms with van der Waals surface area (Å²) in [6.07, 6.45) is -0.666. The molecule has 3 N–H and O–H groups in total. The second-order valence-electron chi connectivity index (χ2n) is 6.74. The second kappa shape index (κ2) is 10.1. The van der Waals surface area contributed by atoms with Crippen LogP contribution in [0.25, 0.3) is 11.1 Å². The average Bonchev–Trinajstić information content (AvgIpc) is 2.78. The summed E-state index contributed by atoms with van der Waals surface area (Å²) < 4.78 is 5.70. The number of phenols is 1. The van der Waals surface area contributed by atoms with Crippen molar-refractivity contribution >= 4 is 11.8 Å². The molecule has 0 aliphatic carbocycles. The van der Waals surface area contributed by atoms with Crippen molar-refractivity contribution in [2.45, 2.75) is 13.0 Å². The maximum atomic E-state index is 12.2. The van der Waals surface area contributed by atoms with Crippen molar-refractivity contribution in [3.8, 4) is 22.6 Å². The predicted molar refractivity (Wildman–Crippen MR) is 115 cm³/mol. The van der Waals surface area contributed by atoms with Crippen molar-refractivity contribution in [3.63, 3.8) is 0 Å². The number of carbonyl (C=O) groups is 2. The Morgan fingerprint density at radius 1 is 0.833 bits per heavy atom. The van der Waals surface area contributed by atoms with Gasteiger partial charge < -0.3 is 20.5 Å². The molecule has 0 aliphatic rings. The summed E-state index contributed by atoms with van der Waals surface area (Å²) in [6.45, 7) is 2.24. The third-order valence-electron chi connectivity index (χ3n) is 4.48. The zero-order valence-corrected chi connectivity index (χ0v) is 16.7. The minimum absolute atomic E-state index is 0.0995. The van der Waals surface area contributed by atoms with Crippen LogP contribution in [0.15, 0.2) is 78.9 Å². The molecule has 0 fully saturated rings. The number of hydrogen-bond acceptors (Lipinski definition) is 4. The molecule has 0 aromatic heterocycles. The van der Waals surface area contributed by atoms with Crippen molar-refractivity contribution in [3.05, 3.63) is 84.4 Å². The number of hydrogen-bond donors (Lipinski definition) is 3. The molecule has 0 spiro atoms. The van der Waals surface area contributed by atoms with Gasteiger partial charge in [-0.1, -0.05) is 42.5 Å². The molecular weight excluding hydrogens is 380 g/mol. The number of carbonyl (C=O) groups excluding carboxylic acids is 2. The highest BCUT2D eigenvalue weighted by molar-refractivity contribution is 5.94. The lowest BCUT2D eigenvalue weighted by molar-refractivity contribution is -0.127. The molecule has 0 saturated carbocycles. The topological polar surface area (TPSA) is 87.7 Å². The molecule has 0 heterocycles. The van der Waals surface area contributed by atoms with Gasteiger partial charge in [0.05, 0.1) is 0 Å². The van der Waals surface area contributed by atoms with E-state index < -0.39 is 6.10 Å². The number of rotatable bonds is 8. The standard InChI is InChI=1S/C24H24N2O4/c1-17(30-22-13-9-19(10-14-22)18-5-3-2-4-6-18)23(28)25-15-16-26-24(29)20-7-11-21(27)12-8-20/h2-14,17,27H,15-16H2,1H3,(H,25,28)(H,26,29). The Bertz CT molecular complexity index is 970. The van der Waals surface area contributed by atoms with Crippen LogP contribution in [0.5, 0.6) is 11.5 Å². The van der Waals surface area contributed by atoms with Gasteiger partial charge in [-0.05, 0) is 54.4 Å². The maximum absolute atomic E-state index is 12.2. The molecule has 6 nitrogen and oxygen atoms in total. The second-order valence-corrected chi connectivity index (χ2v) is 6.74. The van der Waals surface area contributed by atoms with Crippen LogP contribution in [0.1, 0.15) is 17.3 Å². The maximum Gasteiger partial charge on any atom is 0.260 e. The fraction of sp³-hybridized carbons (Fsp3) is 0.167. The number of nitrogens with one attached hydrogen (secondary N) is 2. The molecule has 0 bridgehead atoms. The minimum atomic E-state index is -0.666. The molecule has 1 atom stereocenters. The fourth-order valence-electron chi connectivity index (χ4n) is 2.83. The van der Waals surface area contributed by atoms with E-state index in [0.717, 1.165) is 11.1 Å². The minimum Gasteiger partial charge on any atom is -0.508 e. The summed E-state index contributed by atoms with van der Waals surface area (Å²) in [7, 11) is 0. The van der Waals surface area contributed by atoms with E-state index >= 15 is 0 Å². The Balaban J connectivity index is 1.41. The smallest absolute Gasteiger partial charge is 0.260 e. The molecule has 2 amide bonds. The molecular formula is C24H24N2O4. The van der Waals surface area contributed by atoms with E-state index in [2.05, 4.69) is 10.6 Å². The van der Waals surface area contributed by atoms with Crippen molar-refractivity contribution in [2.75, 3.05) is 13.1 Å². The zero-order chi connectivity index (χ0) is 21.3. The molecule has 0 radical (unpaired) electrons. The van der Waals surface area contributed by atoms with Gasteiger partial charge in [-0.15, -0.1) is 0 Å². The molecule has 0 aliphatic heterocycles. The van der Waals surface area contributed by atoms with Crippen LogP contribution in [0.3, 0.4) is 0 Å². The molecule has 154 valence electrons. The molecule has 30 heavy (non-hydrogen) atoms. The van der Waals surface area contributed by atoms with Gasteiger partial charge in [0.15, 0.2) is 6.10 Å². The number of ether oxygens (including phenoxy) is 1. The molecule has 3 aromatic carbocycles. The van der Waals surface area contributed by atoms with E-state index in [1.165, 1.54) is 24.3 Å². The normalized spacial score (nSPS) is 11.4. The quantitative estimate of drug-likeness (QED) is 0.503. The Hall–Kier alpha value is -3.80.